The van der Waals surface area contributed by atoms with Crippen molar-refractivity contribution in [3.8, 4) is 0 Å². The number of hydrogen-bond acceptors (Lipinski definition) is 3. The lowest BCUT2D eigenvalue weighted by Crippen LogP contribution is -2.43. The van der Waals surface area contributed by atoms with Gasteiger partial charge in [-0.05, 0) is 43.5 Å². The van der Waals surface area contributed by atoms with Crippen molar-refractivity contribution in [1.82, 2.24) is 9.47 Å². The van der Waals surface area contributed by atoms with Gasteiger partial charge >= 0.3 is 5.76 Å². The van der Waals surface area contributed by atoms with E-state index in [1.165, 1.54) is 24.8 Å². The van der Waals surface area contributed by atoms with Crippen LogP contribution in [0.3, 0.4) is 0 Å². The van der Waals surface area contributed by atoms with Gasteiger partial charge in [0.05, 0.1) is 5.52 Å². The normalized spacial score (nSPS) is 18.6. The first-order chi connectivity index (χ1) is 12.3. The topological polar surface area (TPSA) is 38.4 Å². The van der Waals surface area contributed by atoms with E-state index in [0.29, 0.717) is 18.2 Å². The van der Waals surface area contributed by atoms with Crippen molar-refractivity contribution in [1.29, 1.82) is 0 Å². The van der Waals surface area contributed by atoms with E-state index in [9.17, 15) is 4.79 Å². The van der Waals surface area contributed by atoms with Crippen molar-refractivity contribution in [3.63, 3.8) is 0 Å². The van der Waals surface area contributed by atoms with Crippen LogP contribution in [0.4, 0.5) is 0 Å². The van der Waals surface area contributed by atoms with E-state index < -0.39 is 0 Å². The first kappa shape index (κ1) is 16.2. The number of hydrogen-bond donors (Lipinski definition) is 0. The average molecular weight is 336 g/mol. The molecule has 4 nitrogen and oxygen atoms in total. The van der Waals surface area contributed by atoms with Crippen LogP contribution in [0.5, 0.6) is 0 Å². The Bertz CT molecular complexity index is 882. The van der Waals surface area contributed by atoms with Gasteiger partial charge in [-0.3, -0.25) is 9.47 Å². The molecule has 2 aromatic carbocycles. The van der Waals surface area contributed by atoms with Gasteiger partial charge in [0.2, 0.25) is 0 Å². The third-order valence-electron chi connectivity index (χ3n) is 5.25. The number of piperidine rings is 1. The number of aromatic nitrogens is 1. The molecule has 4 rings (SSSR count). The van der Waals surface area contributed by atoms with Crippen LogP contribution in [0, 0.1) is 0 Å². The molecule has 3 aromatic rings. The molecule has 4 heteroatoms. The summed E-state index contributed by atoms with van der Waals surface area (Å²) in [7, 11) is 0. The minimum absolute atomic E-state index is 0.252. The second kappa shape index (κ2) is 7.28. The van der Waals surface area contributed by atoms with E-state index in [2.05, 4.69) is 35.2 Å². The number of nitrogens with zero attached hydrogens (tertiary/aromatic N) is 2. The summed E-state index contributed by atoms with van der Waals surface area (Å²) in [6.45, 7) is 2.68. The van der Waals surface area contributed by atoms with Crippen molar-refractivity contribution in [2.24, 2.45) is 0 Å². The monoisotopic (exact) mass is 336 g/mol. The smallest absolute Gasteiger partial charge is 0.408 e. The molecular formula is C21H24N2O2. The maximum atomic E-state index is 12.2. The van der Waals surface area contributed by atoms with Gasteiger partial charge in [0.15, 0.2) is 5.58 Å². The van der Waals surface area contributed by atoms with Crippen LogP contribution in [-0.4, -0.2) is 28.6 Å². The zero-order chi connectivity index (χ0) is 17.1. The van der Waals surface area contributed by atoms with Crippen LogP contribution in [-0.2, 0) is 13.0 Å². The molecule has 1 fully saturated rings. The highest BCUT2D eigenvalue weighted by molar-refractivity contribution is 5.72. The van der Waals surface area contributed by atoms with Crippen LogP contribution in [0.25, 0.3) is 11.1 Å². The highest BCUT2D eigenvalue weighted by atomic mass is 16.4. The molecule has 1 atom stereocenters. The summed E-state index contributed by atoms with van der Waals surface area (Å²) in [5.41, 5.74) is 2.96. The summed E-state index contributed by atoms with van der Waals surface area (Å²) in [6, 6.07) is 18.9. The van der Waals surface area contributed by atoms with E-state index in [0.717, 1.165) is 25.0 Å². The van der Waals surface area contributed by atoms with E-state index >= 15 is 0 Å². The summed E-state index contributed by atoms with van der Waals surface area (Å²) >= 11 is 0. The Morgan fingerprint density at radius 2 is 1.76 bits per heavy atom. The molecule has 0 radical (unpaired) electrons. The number of likely N-dealkylation sites (tertiary alicyclic amines) is 1. The third kappa shape index (κ3) is 3.54. The molecular weight excluding hydrogens is 312 g/mol. The van der Waals surface area contributed by atoms with Gasteiger partial charge in [0.1, 0.15) is 0 Å². The lowest BCUT2D eigenvalue weighted by molar-refractivity contribution is 0.141. The fourth-order valence-electron chi connectivity index (χ4n) is 3.93. The van der Waals surface area contributed by atoms with Gasteiger partial charge in [-0.2, -0.15) is 0 Å². The Morgan fingerprint density at radius 3 is 2.64 bits per heavy atom. The molecule has 0 spiro atoms. The molecule has 25 heavy (non-hydrogen) atoms. The zero-order valence-electron chi connectivity index (χ0n) is 14.4. The van der Waals surface area contributed by atoms with Crippen molar-refractivity contribution in [2.75, 3.05) is 13.1 Å². The standard InChI is InChI=1S/C21H24N2O2/c24-21-23(19-11-4-5-12-20(19)25-21)15-14-22-13-7-6-10-18(22)16-17-8-2-1-3-9-17/h1-5,8-9,11-12,18H,6-7,10,13-16H2. The maximum absolute atomic E-state index is 12.2. The molecule has 130 valence electrons. The fraction of sp³-hybridized carbons (Fsp3) is 0.381. The number of benzene rings is 2. The molecule has 0 N–H and O–H groups in total. The summed E-state index contributed by atoms with van der Waals surface area (Å²) in [6.07, 6.45) is 4.85. The lowest BCUT2D eigenvalue weighted by atomic mass is 9.95. The second-order valence-corrected chi connectivity index (χ2v) is 6.86. The van der Waals surface area contributed by atoms with Gasteiger partial charge in [-0.15, -0.1) is 0 Å². The Kier molecular flexibility index (Phi) is 4.70. The maximum Gasteiger partial charge on any atom is 0.419 e. The van der Waals surface area contributed by atoms with Crippen molar-refractivity contribution in [3.05, 3.63) is 70.7 Å². The van der Waals surface area contributed by atoms with E-state index in [4.69, 9.17) is 4.42 Å². The molecule has 0 bridgehead atoms. The predicted molar refractivity (Wildman–Crippen MR) is 99.8 cm³/mol. The Labute approximate surface area is 147 Å². The van der Waals surface area contributed by atoms with Crippen LogP contribution >= 0.6 is 0 Å². The van der Waals surface area contributed by atoms with Crippen molar-refractivity contribution >= 4 is 11.1 Å². The number of rotatable bonds is 5. The lowest BCUT2D eigenvalue weighted by Gasteiger charge is -2.36. The van der Waals surface area contributed by atoms with E-state index in [-0.39, 0.29) is 5.76 Å². The van der Waals surface area contributed by atoms with Crippen LogP contribution in [0.1, 0.15) is 24.8 Å². The van der Waals surface area contributed by atoms with Crippen LogP contribution in [0.15, 0.2) is 63.8 Å². The minimum Gasteiger partial charge on any atom is -0.408 e. The number of fused-ring (bicyclic) bond motifs is 1. The third-order valence-corrected chi connectivity index (χ3v) is 5.25. The van der Waals surface area contributed by atoms with Gasteiger partial charge in [0, 0.05) is 19.1 Å². The molecule has 2 heterocycles. The molecule has 1 aromatic heterocycles. The summed E-state index contributed by atoms with van der Waals surface area (Å²) in [4.78, 5) is 14.7. The molecule has 0 saturated carbocycles. The fourth-order valence-corrected chi connectivity index (χ4v) is 3.93. The Morgan fingerprint density at radius 1 is 0.960 bits per heavy atom. The Hall–Kier alpha value is -2.33. The highest BCUT2D eigenvalue weighted by Crippen LogP contribution is 2.21. The van der Waals surface area contributed by atoms with Crippen LogP contribution in [0.2, 0.25) is 0 Å². The molecule has 1 aliphatic heterocycles. The number of oxazole rings is 1. The zero-order valence-corrected chi connectivity index (χ0v) is 14.4. The largest absolute Gasteiger partial charge is 0.419 e. The SMILES string of the molecule is O=c1oc2ccccc2n1CCN1CCCCC1Cc1ccccc1. The molecule has 1 aliphatic rings. The summed E-state index contributed by atoms with van der Waals surface area (Å²) in [5.74, 6) is -0.252. The second-order valence-electron chi connectivity index (χ2n) is 6.86. The highest BCUT2D eigenvalue weighted by Gasteiger charge is 2.23. The van der Waals surface area contributed by atoms with Gasteiger partial charge < -0.3 is 4.42 Å². The van der Waals surface area contributed by atoms with E-state index in [1.54, 1.807) is 4.57 Å². The molecule has 0 aliphatic carbocycles. The van der Waals surface area contributed by atoms with Crippen molar-refractivity contribution in [2.45, 2.75) is 38.3 Å². The van der Waals surface area contributed by atoms with Gasteiger partial charge in [-0.25, -0.2) is 4.79 Å². The molecule has 1 saturated heterocycles. The Balaban J connectivity index is 1.48. The van der Waals surface area contributed by atoms with Crippen molar-refractivity contribution < 1.29 is 4.42 Å². The molecule has 0 amide bonds. The predicted octanol–water partition coefficient (Wildman–Crippen LogP) is 3.69. The summed E-state index contributed by atoms with van der Waals surface area (Å²) in [5, 5.41) is 0. The van der Waals surface area contributed by atoms with Gasteiger partial charge in [0.25, 0.3) is 0 Å². The first-order valence-electron chi connectivity index (χ1n) is 9.17. The van der Waals surface area contributed by atoms with Gasteiger partial charge in [-0.1, -0.05) is 48.9 Å². The first-order valence-corrected chi connectivity index (χ1v) is 9.17. The molecule has 1 unspecified atom stereocenters. The average Bonchev–Trinajstić information content (AvgIpc) is 2.97. The summed E-state index contributed by atoms with van der Waals surface area (Å²) < 4.78 is 7.12. The van der Waals surface area contributed by atoms with E-state index in [1.807, 2.05) is 24.3 Å². The quantitative estimate of drug-likeness (QED) is 0.713. The minimum atomic E-state index is -0.252. The van der Waals surface area contributed by atoms with Crippen LogP contribution < -0.4 is 5.76 Å². The number of para-hydroxylation sites is 2.